The Morgan fingerprint density at radius 2 is 1.71 bits per heavy atom. The van der Waals surface area contributed by atoms with Crippen LogP contribution in [0.15, 0.2) is 24.3 Å². The summed E-state index contributed by atoms with van der Waals surface area (Å²) in [5, 5.41) is 0. The van der Waals surface area contributed by atoms with Crippen LogP contribution in [0.2, 0.25) is 0 Å². The van der Waals surface area contributed by atoms with Gasteiger partial charge in [0.1, 0.15) is 0 Å². The number of hydrogen-bond acceptors (Lipinski definition) is 0. The molecule has 1 aliphatic rings. The summed E-state index contributed by atoms with van der Waals surface area (Å²) < 4.78 is 0. The lowest BCUT2D eigenvalue weighted by Crippen LogP contribution is -2.13. The Kier molecular flexibility index (Phi) is 3.27. The molecule has 1 fully saturated rings. The molecule has 0 bridgehead atoms. The van der Waals surface area contributed by atoms with Crippen molar-refractivity contribution in [3.05, 3.63) is 35.4 Å². The van der Waals surface area contributed by atoms with Gasteiger partial charge in [0.05, 0.1) is 0 Å². The maximum atomic E-state index is 3.71. The fourth-order valence-electron chi connectivity index (χ4n) is 2.41. The molecule has 1 aliphatic carbocycles. The van der Waals surface area contributed by atoms with Gasteiger partial charge in [-0.05, 0) is 49.7 Å². The van der Waals surface area contributed by atoms with E-state index < -0.39 is 0 Å². The van der Waals surface area contributed by atoms with Crippen molar-refractivity contribution in [1.82, 2.24) is 0 Å². The molecule has 1 aromatic carbocycles. The molecule has 0 nitrogen and oxygen atoms in total. The lowest BCUT2D eigenvalue weighted by molar-refractivity contribution is 0.456. The number of alkyl halides is 1. The van der Waals surface area contributed by atoms with Crippen molar-refractivity contribution in [3.63, 3.8) is 0 Å². The molecule has 0 atom stereocenters. The van der Waals surface area contributed by atoms with E-state index in [9.17, 15) is 0 Å². The standard InChI is InChI=1S/C13H17Br/c1-10-4-2-3-5-13(10)11-6-8-12(14)9-7-11/h2-5,11-12H,6-9H2,1H3. The predicted molar refractivity (Wildman–Crippen MR) is 65.1 cm³/mol. The van der Waals surface area contributed by atoms with Crippen molar-refractivity contribution in [1.29, 1.82) is 0 Å². The van der Waals surface area contributed by atoms with Gasteiger partial charge in [0.25, 0.3) is 0 Å². The van der Waals surface area contributed by atoms with Gasteiger partial charge in [-0.25, -0.2) is 0 Å². The predicted octanol–water partition coefficient (Wildman–Crippen LogP) is 4.42. The maximum Gasteiger partial charge on any atom is 0.0146 e. The lowest BCUT2D eigenvalue weighted by atomic mass is 9.82. The first kappa shape index (κ1) is 10.2. The van der Waals surface area contributed by atoms with E-state index in [0.717, 1.165) is 10.7 Å². The molecule has 14 heavy (non-hydrogen) atoms. The summed E-state index contributed by atoms with van der Waals surface area (Å²) in [4.78, 5) is 0.766. The Morgan fingerprint density at radius 1 is 1.07 bits per heavy atom. The molecule has 0 aromatic heterocycles. The van der Waals surface area contributed by atoms with E-state index in [1.54, 1.807) is 5.56 Å². The van der Waals surface area contributed by atoms with E-state index in [0.29, 0.717) is 0 Å². The monoisotopic (exact) mass is 252 g/mol. The van der Waals surface area contributed by atoms with Gasteiger partial charge < -0.3 is 0 Å². The number of hydrogen-bond donors (Lipinski definition) is 0. The third-order valence-corrected chi connectivity index (χ3v) is 4.20. The highest BCUT2D eigenvalue weighted by Gasteiger charge is 2.21. The molecule has 0 heterocycles. The average molecular weight is 253 g/mol. The molecule has 1 saturated carbocycles. The molecular weight excluding hydrogens is 236 g/mol. The average Bonchev–Trinajstić information content (AvgIpc) is 2.20. The van der Waals surface area contributed by atoms with Crippen LogP contribution in [0.4, 0.5) is 0 Å². The van der Waals surface area contributed by atoms with Crippen LogP contribution in [0.3, 0.4) is 0 Å². The van der Waals surface area contributed by atoms with Gasteiger partial charge in [0.15, 0.2) is 0 Å². The Labute approximate surface area is 94.8 Å². The van der Waals surface area contributed by atoms with Crippen molar-refractivity contribution in [2.24, 2.45) is 0 Å². The zero-order chi connectivity index (χ0) is 9.97. The smallest absolute Gasteiger partial charge is 0.0146 e. The van der Waals surface area contributed by atoms with Crippen LogP contribution in [-0.4, -0.2) is 4.83 Å². The second-order valence-electron chi connectivity index (χ2n) is 4.31. The zero-order valence-corrected chi connectivity index (χ0v) is 10.3. The molecule has 0 saturated heterocycles. The van der Waals surface area contributed by atoms with E-state index in [4.69, 9.17) is 0 Å². The minimum absolute atomic E-state index is 0.766. The minimum Gasteiger partial charge on any atom is -0.0891 e. The number of aryl methyl sites for hydroxylation is 1. The molecule has 0 aliphatic heterocycles. The summed E-state index contributed by atoms with van der Waals surface area (Å²) in [7, 11) is 0. The summed E-state index contributed by atoms with van der Waals surface area (Å²) in [6.07, 6.45) is 5.36. The molecule has 0 unspecified atom stereocenters. The van der Waals surface area contributed by atoms with Crippen molar-refractivity contribution in [3.8, 4) is 0 Å². The maximum absolute atomic E-state index is 3.71. The van der Waals surface area contributed by atoms with Gasteiger partial charge in [-0.15, -0.1) is 0 Å². The van der Waals surface area contributed by atoms with E-state index >= 15 is 0 Å². The van der Waals surface area contributed by atoms with Crippen LogP contribution in [0, 0.1) is 6.92 Å². The van der Waals surface area contributed by atoms with E-state index in [2.05, 4.69) is 47.1 Å². The molecule has 1 aromatic rings. The second kappa shape index (κ2) is 4.48. The third-order valence-electron chi connectivity index (χ3n) is 3.29. The fraction of sp³-hybridized carbons (Fsp3) is 0.538. The first-order chi connectivity index (χ1) is 6.77. The molecule has 0 spiro atoms. The third kappa shape index (κ3) is 2.20. The quantitative estimate of drug-likeness (QED) is 0.650. The van der Waals surface area contributed by atoms with E-state index in [1.165, 1.54) is 31.2 Å². The van der Waals surface area contributed by atoms with Gasteiger partial charge >= 0.3 is 0 Å². The van der Waals surface area contributed by atoms with E-state index in [-0.39, 0.29) is 0 Å². The van der Waals surface area contributed by atoms with Crippen LogP contribution in [-0.2, 0) is 0 Å². The topological polar surface area (TPSA) is 0 Å². The molecule has 76 valence electrons. The molecule has 2 rings (SSSR count). The first-order valence-corrected chi connectivity index (χ1v) is 6.38. The Morgan fingerprint density at radius 3 is 2.36 bits per heavy atom. The number of halogens is 1. The van der Waals surface area contributed by atoms with Gasteiger partial charge in [0.2, 0.25) is 0 Å². The highest BCUT2D eigenvalue weighted by molar-refractivity contribution is 9.09. The van der Waals surface area contributed by atoms with Gasteiger partial charge in [0, 0.05) is 4.83 Å². The number of rotatable bonds is 1. The van der Waals surface area contributed by atoms with Crippen LogP contribution in [0.1, 0.15) is 42.7 Å². The second-order valence-corrected chi connectivity index (χ2v) is 5.60. The normalized spacial score (nSPS) is 27.6. The largest absolute Gasteiger partial charge is 0.0891 e. The van der Waals surface area contributed by atoms with Crippen molar-refractivity contribution >= 4 is 15.9 Å². The van der Waals surface area contributed by atoms with Crippen LogP contribution in [0.5, 0.6) is 0 Å². The SMILES string of the molecule is Cc1ccccc1C1CCC(Br)CC1. The van der Waals surface area contributed by atoms with Crippen LogP contribution >= 0.6 is 15.9 Å². The lowest BCUT2D eigenvalue weighted by Gasteiger charge is -2.26. The number of benzene rings is 1. The van der Waals surface area contributed by atoms with Crippen molar-refractivity contribution in [2.75, 3.05) is 0 Å². The summed E-state index contributed by atoms with van der Waals surface area (Å²) in [5.41, 5.74) is 3.04. The van der Waals surface area contributed by atoms with Gasteiger partial charge in [-0.1, -0.05) is 40.2 Å². The van der Waals surface area contributed by atoms with E-state index in [1.807, 2.05) is 0 Å². The fourth-order valence-corrected chi connectivity index (χ4v) is 2.94. The molecule has 0 radical (unpaired) electrons. The molecule has 0 N–H and O–H groups in total. The summed E-state index contributed by atoms with van der Waals surface area (Å²) in [5.74, 6) is 0.810. The minimum atomic E-state index is 0.766. The van der Waals surface area contributed by atoms with Crippen LogP contribution < -0.4 is 0 Å². The zero-order valence-electron chi connectivity index (χ0n) is 8.67. The molecule has 1 heteroatoms. The summed E-state index contributed by atoms with van der Waals surface area (Å²) in [6, 6.07) is 8.83. The summed E-state index contributed by atoms with van der Waals surface area (Å²) in [6.45, 7) is 2.23. The Balaban J connectivity index is 2.12. The first-order valence-electron chi connectivity index (χ1n) is 5.47. The summed E-state index contributed by atoms with van der Waals surface area (Å²) >= 11 is 3.71. The highest BCUT2D eigenvalue weighted by Crippen LogP contribution is 2.36. The van der Waals surface area contributed by atoms with Gasteiger partial charge in [-0.3, -0.25) is 0 Å². The molecular formula is C13H17Br. The van der Waals surface area contributed by atoms with Crippen LogP contribution in [0.25, 0.3) is 0 Å². The Bertz CT molecular complexity index is 298. The molecule has 0 amide bonds. The van der Waals surface area contributed by atoms with Gasteiger partial charge in [-0.2, -0.15) is 0 Å². The van der Waals surface area contributed by atoms with Crippen molar-refractivity contribution < 1.29 is 0 Å². The van der Waals surface area contributed by atoms with Crippen molar-refractivity contribution in [2.45, 2.75) is 43.4 Å². The Hall–Kier alpha value is -0.300. The highest BCUT2D eigenvalue weighted by atomic mass is 79.9.